The number of nitrogens with two attached hydrogens (primary N) is 1. The molecule has 0 saturated heterocycles. The van der Waals surface area contributed by atoms with Crippen LogP contribution in [0.15, 0.2) is 15.9 Å². The van der Waals surface area contributed by atoms with Gasteiger partial charge in [0.05, 0.1) is 22.9 Å². The van der Waals surface area contributed by atoms with Gasteiger partial charge in [-0.15, -0.1) is 23.7 Å². The van der Waals surface area contributed by atoms with Crippen LogP contribution >= 0.6 is 39.7 Å². The first-order valence-electron chi connectivity index (χ1n) is 5.27. The van der Waals surface area contributed by atoms with E-state index >= 15 is 0 Å². The first-order chi connectivity index (χ1) is 8.06. The number of thiophene rings is 1. The van der Waals surface area contributed by atoms with Crippen molar-refractivity contribution in [1.82, 2.24) is 4.90 Å². The van der Waals surface area contributed by atoms with Gasteiger partial charge in [0.15, 0.2) is 0 Å². The van der Waals surface area contributed by atoms with Gasteiger partial charge in [-0.25, -0.2) is 0 Å². The highest BCUT2D eigenvalue weighted by Gasteiger charge is 2.15. The molecule has 0 radical (unpaired) electrons. The van der Waals surface area contributed by atoms with Crippen LogP contribution in [0.2, 0.25) is 0 Å². The van der Waals surface area contributed by atoms with Crippen molar-refractivity contribution in [3.8, 4) is 0 Å². The summed E-state index contributed by atoms with van der Waals surface area (Å²) < 4.78 is 6.17. The maximum Gasteiger partial charge on any atom is 0.225 e. The SMILES string of the molecule is COC(CN)CC(=O)N(C)Cc1ccc(Br)s1.Cl. The molecule has 0 aromatic carbocycles. The number of hydrogen-bond acceptors (Lipinski definition) is 4. The van der Waals surface area contributed by atoms with Crippen LogP contribution in [0.1, 0.15) is 11.3 Å². The average molecular weight is 358 g/mol. The van der Waals surface area contributed by atoms with E-state index in [1.807, 2.05) is 12.1 Å². The molecule has 0 aliphatic rings. The third-order valence-electron chi connectivity index (χ3n) is 2.45. The van der Waals surface area contributed by atoms with E-state index in [4.69, 9.17) is 10.5 Å². The van der Waals surface area contributed by atoms with E-state index in [-0.39, 0.29) is 24.4 Å². The van der Waals surface area contributed by atoms with Gasteiger partial charge in [-0.3, -0.25) is 4.79 Å². The van der Waals surface area contributed by atoms with E-state index in [0.29, 0.717) is 19.5 Å². The second-order valence-corrected chi connectivity index (χ2v) is 6.30. The van der Waals surface area contributed by atoms with Crippen LogP contribution in [-0.4, -0.2) is 37.6 Å². The molecule has 7 heteroatoms. The van der Waals surface area contributed by atoms with Gasteiger partial charge in [0.25, 0.3) is 0 Å². The third kappa shape index (κ3) is 5.67. The number of amides is 1. The Bertz CT molecular complexity index is 372. The molecule has 1 rings (SSSR count). The number of carbonyl (C=O) groups excluding carboxylic acids is 1. The summed E-state index contributed by atoms with van der Waals surface area (Å²) in [6, 6.07) is 3.99. The summed E-state index contributed by atoms with van der Waals surface area (Å²) in [7, 11) is 3.36. The summed E-state index contributed by atoms with van der Waals surface area (Å²) in [5, 5.41) is 0. The molecule has 1 heterocycles. The van der Waals surface area contributed by atoms with Crippen LogP contribution in [0.25, 0.3) is 0 Å². The highest BCUT2D eigenvalue weighted by Crippen LogP contribution is 2.23. The van der Waals surface area contributed by atoms with Crippen LogP contribution in [0.5, 0.6) is 0 Å². The fraction of sp³-hybridized carbons (Fsp3) is 0.545. The van der Waals surface area contributed by atoms with Gasteiger partial charge < -0.3 is 15.4 Å². The van der Waals surface area contributed by atoms with Crippen LogP contribution in [0.4, 0.5) is 0 Å². The molecule has 1 amide bonds. The molecule has 18 heavy (non-hydrogen) atoms. The molecule has 0 aliphatic heterocycles. The molecule has 1 aromatic rings. The number of carbonyl (C=O) groups is 1. The van der Waals surface area contributed by atoms with Gasteiger partial charge in [-0.05, 0) is 28.1 Å². The maximum atomic E-state index is 11.9. The maximum absolute atomic E-state index is 11.9. The number of ether oxygens (including phenoxy) is 1. The molecule has 0 spiro atoms. The minimum absolute atomic E-state index is 0. The number of hydrogen-bond donors (Lipinski definition) is 1. The van der Waals surface area contributed by atoms with Gasteiger partial charge in [0, 0.05) is 25.6 Å². The van der Waals surface area contributed by atoms with Crippen LogP contribution in [0.3, 0.4) is 0 Å². The van der Waals surface area contributed by atoms with Crippen LogP contribution in [0, 0.1) is 0 Å². The zero-order valence-electron chi connectivity index (χ0n) is 10.4. The highest BCUT2D eigenvalue weighted by atomic mass is 79.9. The zero-order chi connectivity index (χ0) is 12.8. The lowest BCUT2D eigenvalue weighted by Gasteiger charge is -2.19. The van der Waals surface area contributed by atoms with E-state index in [9.17, 15) is 4.79 Å². The molecule has 104 valence electrons. The summed E-state index contributed by atoms with van der Waals surface area (Å²) >= 11 is 5.03. The Balaban J connectivity index is 0.00000289. The summed E-state index contributed by atoms with van der Waals surface area (Å²) in [5.41, 5.74) is 5.49. The number of rotatable bonds is 6. The summed E-state index contributed by atoms with van der Waals surface area (Å²) in [6.45, 7) is 0.983. The molecule has 1 atom stereocenters. The first-order valence-corrected chi connectivity index (χ1v) is 6.88. The van der Waals surface area contributed by atoms with Gasteiger partial charge in [0.1, 0.15) is 0 Å². The third-order valence-corrected chi connectivity index (χ3v) is 4.05. The van der Waals surface area contributed by atoms with Crippen molar-refractivity contribution in [2.45, 2.75) is 19.1 Å². The van der Waals surface area contributed by atoms with E-state index < -0.39 is 0 Å². The van der Waals surface area contributed by atoms with Crippen molar-refractivity contribution in [2.24, 2.45) is 5.73 Å². The molecule has 0 fully saturated rings. The topological polar surface area (TPSA) is 55.6 Å². The molecule has 0 bridgehead atoms. The lowest BCUT2D eigenvalue weighted by atomic mass is 10.2. The molecule has 1 aromatic heterocycles. The Morgan fingerprint density at radius 1 is 1.61 bits per heavy atom. The first kappa shape index (κ1) is 17.9. The number of halogens is 2. The van der Waals surface area contributed by atoms with Crippen LogP contribution in [-0.2, 0) is 16.1 Å². The van der Waals surface area contributed by atoms with Crippen molar-refractivity contribution < 1.29 is 9.53 Å². The Kier molecular flexibility index (Phi) is 8.81. The largest absolute Gasteiger partial charge is 0.380 e. The fourth-order valence-corrected chi connectivity index (χ4v) is 2.91. The van der Waals surface area contributed by atoms with Gasteiger partial charge >= 0.3 is 0 Å². The molecule has 0 saturated carbocycles. The van der Waals surface area contributed by atoms with Crippen molar-refractivity contribution in [1.29, 1.82) is 0 Å². The molecule has 2 N–H and O–H groups in total. The van der Waals surface area contributed by atoms with Crippen molar-refractivity contribution in [2.75, 3.05) is 20.7 Å². The number of nitrogens with zero attached hydrogens (tertiary/aromatic N) is 1. The highest BCUT2D eigenvalue weighted by molar-refractivity contribution is 9.11. The lowest BCUT2D eigenvalue weighted by Crippen LogP contribution is -2.33. The van der Waals surface area contributed by atoms with E-state index in [1.54, 1.807) is 30.4 Å². The second kappa shape index (κ2) is 8.87. The Morgan fingerprint density at radius 2 is 2.28 bits per heavy atom. The molecular weight excluding hydrogens is 340 g/mol. The summed E-state index contributed by atoms with van der Waals surface area (Å²) in [5.74, 6) is 0.0480. The molecule has 0 aliphatic carbocycles. The molecule has 1 unspecified atom stereocenters. The molecule has 4 nitrogen and oxygen atoms in total. The average Bonchev–Trinajstić information content (AvgIpc) is 2.71. The van der Waals surface area contributed by atoms with Gasteiger partial charge in [-0.1, -0.05) is 0 Å². The predicted molar refractivity (Wildman–Crippen MR) is 80.2 cm³/mol. The van der Waals surface area contributed by atoms with Crippen molar-refractivity contribution in [3.63, 3.8) is 0 Å². The fourth-order valence-electron chi connectivity index (χ4n) is 1.37. The predicted octanol–water partition coefficient (Wildman–Crippen LogP) is 2.25. The smallest absolute Gasteiger partial charge is 0.225 e. The lowest BCUT2D eigenvalue weighted by molar-refractivity contribution is -0.132. The van der Waals surface area contributed by atoms with Crippen molar-refractivity contribution in [3.05, 3.63) is 20.8 Å². The quantitative estimate of drug-likeness (QED) is 0.849. The summed E-state index contributed by atoms with van der Waals surface area (Å²) in [6.07, 6.45) is 0.135. The zero-order valence-corrected chi connectivity index (χ0v) is 13.6. The van der Waals surface area contributed by atoms with Crippen molar-refractivity contribution >= 4 is 45.6 Å². The Hall–Kier alpha value is -0.140. The summed E-state index contributed by atoms with van der Waals surface area (Å²) in [4.78, 5) is 14.7. The van der Waals surface area contributed by atoms with Gasteiger partial charge in [0.2, 0.25) is 5.91 Å². The van der Waals surface area contributed by atoms with E-state index in [0.717, 1.165) is 8.66 Å². The monoisotopic (exact) mass is 356 g/mol. The standard InChI is InChI=1S/C11H17BrN2O2S.ClH/c1-14(7-9-3-4-10(12)17-9)11(15)5-8(6-13)16-2;/h3-4,8H,5-7,13H2,1-2H3;1H. The van der Waals surface area contributed by atoms with Gasteiger partial charge in [-0.2, -0.15) is 0 Å². The second-order valence-electron chi connectivity index (χ2n) is 3.75. The van der Waals surface area contributed by atoms with E-state index in [1.165, 1.54) is 0 Å². The normalized spacial score (nSPS) is 11.8. The minimum atomic E-state index is -0.194. The van der Waals surface area contributed by atoms with E-state index in [2.05, 4.69) is 15.9 Å². The Morgan fingerprint density at radius 3 is 2.72 bits per heavy atom. The molecular formula is C11H18BrClN2O2S. The van der Waals surface area contributed by atoms with Crippen LogP contribution < -0.4 is 5.73 Å². The Labute approximate surface area is 126 Å². The minimum Gasteiger partial charge on any atom is -0.380 e. The number of methoxy groups -OCH3 is 1.